The van der Waals surface area contributed by atoms with Gasteiger partial charge in [-0.25, -0.2) is 13.1 Å². The van der Waals surface area contributed by atoms with Gasteiger partial charge in [-0.2, -0.15) is 0 Å². The molecular weight excluding hydrogens is 242 g/mol. The standard InChI is InChI=1S/C11H21NO4S/c13-11-6-2-1-5-10(11)12-17(14,15)8-9-4-3-7-16-9/h9-13H,1-8H2/t9?,10-,11-/m1/s1. The summed E-state index contributed by atoms with van der Waals surface area (Å²) in [6.45, 7) is 0.659. The molecule has 3 atom stereocenters. The van der Waals surface area contributed by atoms with Crippen LogP contribution in [0.2, 0.25) is 0 Å². The zero-order valence-electron chi connectivity index (χ0n) is 9.97. The number of sulfonamides is 1. The Labute approximate surface area is 103 Å². The first-order valence-corrected chi connectivity index (χ1v) is 8.02. The van der Waals surface area contributed by atoms with Crippen molar-refractivity contribution in [2.75, 3.05) is 12.4 Å². The van der Waals surface area contributed by atoms with Gasteiger partial charge in [-0.3, -0.25) is 0 Å². The lowest BCUT2D eigenvalue weighted by Crippen LogP contribution is -2.46. The van der Waals surface area contributed by atoms with Crippen LogP contribution in [-0.4, -0.2) is 44.1 Å². The Balaban J connectivity index is 1.87. The third kappa shape index (κ3) is 3.91. The van der Waals surface area contributed by atoms with Gasteiger partial charge in [0.2, 0.25) is 10.0 Å². The van der Waals surface area contributed by atoms with Crippen molar-refractivity contribution in [1.29, 1.82) is 0 Å². The Morgan fingerprint density at radius 2 is 1.94 bits per heavy atom. The van der Waals surface area contributed by atoms with E-state index in [1.807, 2.05) is 0 Å². The van der Waals surface area contributed by atoms with Crippen molar-refractivity contribution in [2.24, 2.45) is 0 Å². The quantitative estimate of drug-likeness (QED) is 0.769. The van der Waals surface area contributed by atoms with E-state index < -0.39 is 16.1 Å². The Morgan fingerprint density at radius 1 is 1.18 bits per heavy atom. The summed E-state index contributed by atoms with van der Waals surface area (Å²) >= 11 is 0. The fourth-order valence-electron chi connectivity index (χ4n) is 2.55. The van der Waals surface area contributed by atoms with Gasteiger partial charge in [-0.15, -0.1) is 0 Å². The molecule has 6 heteroatoms. The second kappa shape index (κ2) is 5.65. The van der Waals surface area contributed by atoms with Crippen molar-refractivity contribution in [3.8, 4) is 0 Å². The molecule has 1 aliphatic carbocycles. The van der Waals surface area contributed by atoms with Crippen molar-refractivity contribution in [1.82, 2.24) is 4.72 Å². The summed E-state index contributed by atoms with van der Waals surface area (Å²) in [5.74, 6) is 0.0240. The number of nitrogens with one attached hydrogen (secondary N) is 1. The van der Waals surface area contributed by atoms with Crippen LogP contribution in [0.15, 0.2) is 0 Å². The van der Waals surface area contributed by atoms with Gasteiger partial charge in [0.15, 0.2) is 0 Å². The van der Waals surface area contributed by atoms with Crippen LogP contribution >= 0.6 is 0 Å². The van der Waals surface area contributed by atoms with Crippen LogP contribution in [-0.2, 0) is 14.8 Å². The fraction of sp³-hybridized carbons (Fsp3) is 1.00. The lowest BCUT2D eigenvalue weighted by atomic mass is 9.93. The maximum absolute atomic E-state index is 11.9. The minimum absolute atomic E-state index is 0.0240. The smallest absolute Gasteiger partial charge is 0.214 e. The molecule has 0 spiro atoms. The first-order valence-electron chi connectivity index (χ1n) is 6.36. The van der Waals surface area contributed by atoms with Crippen LogP contribution in [0.1, 0.15) is 38.5 Å². The van der Waals surface area contributed by atoms with E-state index in [1.54, 1.807) is 0 Å². The summed E-state index contributed by atoms with van der Waals surface area (Å²) in [7, 11) is -3.33. The highest BCUT2D eigenvalue weighted by atomic mass is 32.2. The van der Waals surface area contributed by atoms with E-state index in [-0.39, 0.29) is 17.9 Å². The van der Waals surface area contributed by atoms with Crippen LogP contribution in [0, 0.1) is 0 Å². The minimum Gasteiger partial charge on any atom is -0.391 e. The molecule has 1 heterocycles. The molecule has 0 aromatic carbocycles. The van der Waals surface area contributed by atoms with Crippen molar-refractivity contribution in [3.05, 3.63) is 0 Å². The topological polar surface area (TPSA) is 75.6 Å². The number of hydrogen-bond acceptors (Lipinski definition) is 4. The molecule has 2 aliphatic rings. The van der Waals surface area contributed by atoms with E-state index in [4.69, 9.17) is 4.74 Å². The summed E-state index contributed by atoms with van der Waals surface area (Å²) in [5, 5.41) is 9.73. The first kappa shape index (κ1) is 13.3. The highest BCUT2D eigenvalue weighted by molar-refractivity contribution is 7.89. The van der Waals surface area contributed by atoms with Gasteiger partial charge in [0, 0.05) is 12.6 Å². The second-order valence-electron chi connectivity index (χ2n) is 4.99. The first-order chi connectivity index (χ1) is 8.07. The average molecular weight is 263 g/mol. The summed E-state index contributed by atoms with van der Waals surface area (Å²) in [4.78, 5) is 0. The van der Waals surface area contributed by atoms with E-state index in [9.17, 15) is 13.5 Å². The summed E-state index contributed by atoms with van der Waals surface area (Å²) in [6, 6.07) is -0.310. The number of rotatable bonds is 4. The van der Waals surface area contributed by atoms with Crippen molar-refractivity contribution in [3.63, 3.8) is 0 Å². The lowest BCUT2D eigenvalue weighted by Gasteiger charge is -2.28. The summed E-state index contributed by atoms with van der Waals surface area (Å²) < 4.78 is 31.7. The molecule has 1 unspecified atom stereocenters. The maximum atomic E-state index is 11.9. The van der Waals surface area contributed by atoms with Crippen LogP contribution in [0.25, 0.3) is 0 Å². The normalized spacial score (nSPS) is 35.0. The number of ether oxygens (including phenoxy) is 1. The molecule has 0 amide bonds. The molecule has 0 aromatic heterocycles. The molecule has 0 aromatic rings. The van der Waals surface area contributed by atoms with Crippen molar-refractivity contribution >= 4 is 10.0 Å². The zero-order valence-corrected chi connectivity index (χ0v) is 10.8. The monoisotopic (exact) mass is 263 g/mol. The SMILES string of the molecule is O=S(=O)(CC1CCCO1)N[C@@H]1CCCC[C@H]1O. The average Bonchev–Trinajstić information content (AvgIpc) is 2.73. The maximum Gasteiger partial charge on any atom is 0.214 e. The van der Waals surface area contributed by atoms with Crippen LogP contribution < -0.4 is 4.72 Å². The van der Waals surface area contributed by atoms with E-state index in [0.29, 0.717) is 13.0 Å². The molecule has 2 rings (SSSR count). The van der Waals surface area contributed by atoms with Gasteiger partial charge < -0.3 is 9.84 Å². The number of hydrogen-bond donors (Lipinski definition) is 2. The molecule has 17 heavy (non-hydrogen) atoms. The molecule has 0 radical (unpaired) electrons. The Hall–Kier alpha value is -0.170. The molecule has 2 fully saturated rings. The molecular formula is C11H21NO4S. The lowest BCUT2D eigenvalue weighted by molar-refractivity contribution is 0.100. The molecule has 0 bridgehead atoms. The molecule has 1 aliphatic heterocycles. The highest BCUT2D eigenvalue weighted by Crippen LogP contribution is 2.20. The van der Waals surface area contributed by atoms with Gasteiger partial charge in [0.05, 0.1) is 18.0 Å². The molecule has 2 N–H and O–H groups in total. The van der Waals surface area contributed by atoms with E-state index in [1.165, 1.54) is 0 Å². The van der Waals surface area contributed by atoms with Gasteiger partial charge in [0.25, 0.3) is 0 Å². The minimum atomic E-state index is -3.33. The fourth-order valence-corrected chi connectivity index (χ4v) is 4.13. The summed E-state index contributed by atoms with van der Waals surface area (Å²) in [5.41, 5.74) is 0. The molecule has 5 nitrogen and oxygen atoms in total. The van der Waals surface area contributed by atoms with Gasteiger partial charge in [0.1, 0.15) is 0 Å². The zero-order chi connectivity index (χ0) is 12.3. The predicted molar refractivity (Wildman–Crippen MR) is 64.2 cm³/mol. The van der Waals surface area contributed by atoms with Gasteiger partial charge in [-0.05, 0) is 25.7 Å². The number of aliphatic hydroxyl groups is 1. The Kier molecular flexibility index (Phi) is 4.41. The number of aliphatic hydroxyl groups excluding tert-OH is 1. The highest BCUT2D eigenvalue weighted by Gasteiger charge is 2.29. The third-order valence-electron chi connectivity index (χ3n) is 3.49. The Morgan fingerprint density at radius 3 is 2.59 bits per heavy atom. The summed E-state index contributed by atoms with van der Waals surface area (Å²) in [6.07, 6.45) is 4.41. The molecule has 100 valence electrons. The van der Waals surface area contributed by atoms with Crippen LogP contribution in [0.4, 0.5) is 0 Å². The molecule has 1 saturated heterocycles. The molecule has 1 saturated carbocycles. The van der Waals surface area contributed by atoms with E-state index in [0.717, 1.165) is 32.1 Å². The van der Waals surface area contributed by atoms with Gasteiger partial charge >= 0.3 is 0 Å². The van der Waals surface area contributed by atoms with Gasteiger partial charge in [-0.1, -0.05) is 12.8 Å². The van der Waals surface area contributed by atoms with Crippen molar-refractivity contribution < 1.29 is 18.3 Å². The predicted octanol–water partition coefficient (Wildman–Crippen LogP) is 0.388. The third-order valence-corrected chi connectivity index (χ3v) is 4.96. The largest absolute Gasteiger partial charge is 0.391 e. The van der Waals surface area contributed by atoms with E-state index in [2.05, 4.69) is 4.72 Å². The van der Waals surface area contributed by atoms with Crippen molar-refractivity contribution in [2.45, 2.75) is 56.8 Å². The van der Waals surface area contributed by atoms with Crippen LogP contribution in [0.5, 0.6) is 0 Å². The Bertz CT molecular complexity index is 337. The second-order valence-corrected chi connectivity index (χ2v) is 6.79. The van der Waals surface area contributed by atoms with E-state index >= 15 is 0 Å². The van der Waals surface area contributed by atoms with Crippen LogP contribution in [0.3, 0.4) is 0 Å².